The van der Waals surface area contributed by atoms with Crippen LogP contribution in [0.3, 0.4) is 0 Å². The summed E-state index contributed by atoms with van der Waals surface area (Å²) in [5, 5.41) is 8.74. The maximum Gasteiger partial charge on any atom is 0.522 e. The van der Waals surface area contributed by atoms with Crippen LogP contribution < -0.4 is 0 Å². The molecule has 0 saturated carbocycles. The molecule has 0 aliphatic rings. The minimum Gasteiger partial charge on any atom is -0.506 e. The summed E-state index contributed by atoms with van der Waals surface area (Å²) in [6, 6.07) is 2.39. The first kappa shape index (κ1) is 18.8. The number of hydrogen-bond acceptors (Lipinski definition) is 3. The summed E-state index contributed by atoms with van der Waals surface area (Å²) in [5.74, 6) is -0.563. The average Bonchev–Trinajstić information content (AvgIpc) is 2.18. The van der Waals surface area contributed by atoms with Crippen molar-refractivity contribution in [2.75, 3.05) is 0 Å². The van der Waals surface area contributed by atoms with E-state index in [-0.39, 0.29) is 5.02 Å². The van der Waals surface area contributed by atoms with Crippen molar-refractivity contribution < 1.29 is 44.4 Å². The third-order valence-electron chi connectivity index (χ3n) is 1.57. The SMILES string of the molecule is O=S(=O)(O)C(F)(F)F.Oc1cc(C(F)(F)F)ccc1Cl. The molecule has 0 heterocycles. The van der Waals surface area contributed by atoms with Gasteiger partial charge in [0.25, 0.3) is 0 Å². The lowest BCUT2D eigenvalue weighted by atomic mass is 10.2. The lowest BCUT2D eigenvalue weighted by Gasteiger charge is -2.06. The summed E-state index contributed by atoms with van der Waals surface area (Å²) in [7, 11) is -5.84. The highest BCUT2D eigenvalue weighted by atomic mass is 35.5. The van der Waals surface area contributed by atoms with E-state index in [4.69, 9.17) is 29.7 Å². The van der Waals surface area contributed by atoms with E-state index < -0.39 is 33.1 Å². The Bertz CT molecular complexity index is 565. The van der Waals surface area contributed by atoms with Crippen LogP contribution in [0.2, 0.25) is 5.02 Å². The fraction of sp³-hybridized carbons (Fsp3) is 0.250. The van der Waals surface area contributed by atoms with Crippen LogP contribution in [0.4, 0.5) is 26.3 Å². The van der Waals surface area contributed by atoms with Crippen molar-refractivity contribution in [1.29, 1.82) is 0 Å². The van der Waals surface area contributed by atoms with Gasteiger partial charge in [0.1, 0.15) is 5.75 Å². The monoisotopic (exact) mass is 346 g/mol. The van der Waals surface area contributed by atoms with Crippen molar-refractivity contribution in [2.45, 2.75) is 11.7 Å². The summed E-state index contributed by atoms with van der Waals surface area (Å²) < 4.78 is 93.4. The van der Waals surface area contributed by atoms with Gasteiger partial charge in [-0.05, 0) is 18.2 Å². The van der Waals surface area contributed by atoms with Gasteiger partial charge in [-0.1, -0.05) is 11.6 Å². The van der Waals surface area contributed by atoms with E-state index in [9.17, 15) is 26.3 Å². The van der Waals surface area contributed by atoms with Crippen molar-refractivity contribution in [3.05, 3.63) is 28.8 Å². The standard InChI is InChI=1S/C7H4ClF3O.CHF3O3S/c8-5-2-1-4(3-6(5)12)7(9,10)11;2-1(3,4)8(5,6)7/h1-3,12H;(H,5,6,7). The van der Waals surface area contributed by atoms with Gasteiger partial charge in [-0.3, -0.25) is 4.55 Å². The largest absolute Gasteiger partial charge is 0.522 e. The molecule has 0 aromatic heterocycles. The molecule has 0 fully saturated rings. The molecule has 12 heteroatoms. The van der Waals surface area contributed by atoms with Crippen LogP contribution in [0.15, 0.2) is 18.2 Å². The number of alkyl halides is 6. The number of benzene rings is 1. The van der Waals surface area contributed by atoms with Gasteiger partial charge in [-0.2, -0.15) is 34.8 Å². The number of rotatable bonds is 0. The Balaban J connectivity index is 0.000000396. The van der Waals surface area contributed by atoms with Crippen LogP contribution in [0.1, 0.15) is 5.56 Å². The summed E-state index contributed by atoms with van der Waals surface area (Å²) in [4.78, 5) is 0. The van der Waals surface area contributed by atoms with Crippen LogP contribution in [-0.4, -0.2) is 23.6 Å². The molecule has 0 atom stereocenters. The molecule has 116 valence electrons. The first-order valence-corrected chi connectivity index (χ1v) is 6.07. The summed E-state index contributed by atoms with van der Waals surface area (Å²) in [5.41, 5.74) is -6.45. The van der Waals surface area contributed by atoms with E-state index in [0.717, 1.165) is 12.1 Å². The molecule has 0 aliphatic heterocycles. The normalized spacial score (nSPS) is 12.6. The molecule has 0 bridgehead atoms. The van der Waals surface area contributed by atoms with Crippen molar-refractivity contribution in [1.82, 2.24) is 0 Å². The summed E-state index contributed by atoms with van der Waals surface area (Å²) in [6.07, 6.45) is -4.44. The van der Waals surface area contributed by atoms with E-state index in [1.54, 1.807) is 0 Å². The van der Waals surface area contributed by atoms with E-state index in [1.165, 1.54) is 0 Å². The Morgan fingerprint density at radius 2 is 1.45 bits per heavy atom. The molecule has 0 saturated heterocycles. The molecular weight excluding hydrogens is 342 g/mol. The second kappa shape index (κ2) is 6.06. The second-order valence-corrected chi connectivity index (χ2v) is 4.90. The molecule has 1 aromatic rings. The van der Waals surface area contributed by atoms with Gasteiger partial charge in [-0.25, -0.2) is 0 Å². The van der Waals surface area contributed by atoms with E-state index in [0.29, 0.717) is 6.07 Å². The van der Waals surface area contributed by atoms with E-state index in [2.05, 4.69) is 0 Å². The number of aromatic hydroxyl groups is 1. The molecule has 20 heavy (non-hydrogen) atoms. The Kier molecular flexibility index (Phi) is 5.69. The molecule has 4 nitrogen and oxygen atoms in total. The van der Waals surface area contributed by atoms with Crippen molar-refractivity contribution >= 4 is 21.7 Å². The Morgan fingerprint density at radius 1 is 1.05 bits per heavy atom. The van der Waals surface area contributed by atoms with Gasteiger partial charge in [0.15, 0.2) is 0 Å². The molecule has 0 unspecified atom stereocenters. The van der Waals surface area contributed by atoms with E-state index >= 15 is 0 Å². The zero-order chi connectivity index (χ0) is 16.4. The van der Waals surface area contributed by atoms with Crippen LogP contribution in [0.25, 0.3) is 0 Å². The van der Waals surface area contributed by atoms with Crippen molar-refractivity contribution in [2.24, 2.45) is 0 Å². The lowest BCUT2D eigenvalue weighted by molar-refractivity contribution is -0.137. The van der Waals surface area contributed by atoms with Crippen LogP contribution in [0.5, 0.6) is 5.75 Å². The van der Waals surface area contributed by atoms with Crippen LogP contribution >= 0.6 is 11.6 Å². The van der Waals surface area contributed by atoms with Gasteiger partial charge < -0.3 is 5.11 Å². The first-order chi connectivity index (χ1) is 8.66. The maximum atomic E-state index is 11.9. The zero-order valence-electron chi connectivity index (χ0n) is 9.00. The van der Waals surface area contributed by atoms with Crippen molar-refractivity contribution in [3.63, 3.8) is 0 Å². The predicted octanol–water partition coefficient (Wildman–Crippen LogP) is 3.46. The maximum absolute atomic E-state index is 11.9. The molecule has 0 radical (unpaired) electrons. The van der Waals surface area contributed by atoms with Crippen LogP contribution in [-0.2, 0) is 16.3 Å². The summed E-state index contributed by atoms with van der Waals surface area (Å²) >= 11 is 5.31. The van der Waals surface area contributed by atoms with E-state index in [1.807, 2.05) is 0 Å². The lowest BCUT2D eigenvalue weighted by Crippen LogP contribution is -2.21. The van der Waals surface area contributed by atoms with Crippen LogP contribution in [0, 0.1) is 0 Å². The number of hydrogen-bond donors (Lipinski definition) is 2. The minimum atomic E-state index is -5.84. The summed E-state index contributed by atoms with van der Waals surface area (Å²) in [6.45, 7) is 0. The Labute approximate surface area is 113 Å². The third kappa shape index (κ3) is 5.84. The topological polar surface area (TPSA) is 74.6 Å². The highest BCUT2D eigenvalue weighted by molar-refractivity contribution is 7.86. The number of phenols is 1. The third-order valence-corrected chi connectivity index (χ3v) is 2.47. The van der Waals surface area contributed by atoms with Gasteiger partial charge in [0, 0.05) is 0 Å². The molecule has 0 aliphatic carbocycles. The number of phenolic OH excluding ortho intramolecular Hbond substituents is 1. The van der Waals surface area contributed by atoms with Crippen molar-refractivity contribution in [3.8, 4) is 5.75 Å². The molecule has 0 amide bonds. The van der Waals surface area contributed by atoms with Gasteiger partial charge in [-0.15, -0.1) is 0 Å². The zero-order valence-corrected chi connectivity index (χ0v) is 10.6. The molecule has 2 N–H and O–H groups in total. The van der Waals surface area contributed by atoms with Gasteiger partial charge >= 0.3 is 21.8 Å². The molecule has 0 spiro atoms. The minimum absolute atomic E-state index is 0.0944. The predicted molar refractivity (Wildman–Crippen MR) is 55.7 cm³/mol. The Morgan fingerprint density at radius 3 is 1.70 bits per heavy atom. The molecule has 1 rings (SSSR count). The smallest absolute Gasteiger partial charge is 0.506 e. The van der Waals surface area contributed by atoms with Gasteiger partial charge in [0.2, 0.25) is 0 Å². The molecular formula is C8H5ClF6O4S. The second-order valence-electron chi connectivity index (χ2n) is 3.08. The average molecular weight is 347 g/mol. The fourth-order valence-corrected chi connectivity index (χ4v) is 0.807. The fourth-order valence-electron chi connectivity index (χ4n) is 0.689. The molecule has 1 aromatic carbocycles. The highest BCUT2D eigenvalue weighted by Crippen LogP contribution is 2.34. The van der Waals surface area contributed by atoms with Gasteiger partial charge in [0.05, 0.1) is 10.6 Å². The Hall–Kier alpha value is -1.20. The highest BCUT2D eigenvalue weighted by Gasteiger charge is 2.44. The number of halogens is 7. The quantitative estimate of drug-likeness (QED) is 0.428. The first-order valence-electron chi connectivity index (χ1n) is 4.25.